The number of hydrogen-bond donors (Lipinski definition) is 1. The van der Waals surface area contributed by atoms with Gasteiger partial charge in [0.25, 0.3) is 0 Å². The number of carbonyl (C=O) groups excluding carboxylic acids is 1. The van der Waals surface area contributed by atoms with Crippen LogP contribution in [0.4, 0.5) is 4.79 Å². The molecule has 124 valence electrons. The second-order valence-corrected chi connectivity index (χ2v) is 8.55. The van der Waals surface area contributed by atoms with Crippen LogP contribution in [0, 0.1) is 10.8 Å². The lowest BCUT2D eigenvalue weighted by atomic mass is 9.65. The van der Waals surface area contributed by atoms with Crippen LogP contribution >= 0.6 is 11.6 Å². The van der Waals surface area contributed by atoms with Gasteiger partial charge in [0.1, 0.15) is 0 Å². The van der Waals surface area contributed by atoms with Crippen molar-refractivity contribution in [3.05, 3.63) is 41.1 Å². The highest BCUT2D eigenvalue weighted by Gasteiger charge is 2.50. The van der Waals surface area contributed by atoms with Crippen molar-refractivity contribution in [1.29, 1.82) is 0 Å². The quantitative estimate of drug-likeness (QED) is 0.819. The van der Waals surface area contributed by atoms with Gasteiger partial charge in [0.05, 0.1) is 0 Å². The van der Waals surface area contributed by atoms with Crippen molar-refractivity contribution in [3.8, 4) is 0 Å². The van der Waals surface area contributed by atoms with Gasteiger partial charge in [0.15, 0.2) is 0 Å². The second-order valence-electron chi connectivity index (χ2n) is 8.15. The molecule has 2 unspecified atom stereocenters. The fourth-order valence-corrected chi connectivity index (χ4v) is 4.79. The zero-order chi connectivity index (χ0) is 16.7. The van der Waals surface area contributed by atoms with Crippen molar-refractivity contribution >= 4 is 23.7 Å². The number of rotatable bonds is 2. The molecule has 1 aliphatic carbocycles. The molecule has 0 radical (unpaired) electrons. The predicted molar refractivity (Wildman–Crippen MR) is 95.3 cm³/mol. The average molecular weight is 333 g/mol. The van der Waals surface area contributed by atoms with Crippen LogP contribution in [-0.2, 0) is 0 Å². The molecule has 1 aromatic carbocycles. The van der Waals surface area contributed by atoms with Crippen LogP contribution in [-0.4, -0.2) is 23.5 Å². The maximum atomic E-state index is 12.5. The molecule has 2 fully saturated rings. The van der Waals surface area contributed by atoms with Crippen molar-refractivity contribution < 1.29 is 4.79 Å². The van der Waals surface area contributed by atoms with Gasteiger partial charge in [0, 0.05) is 23.8 Å². The highest BCUT2D eigenvalue weighted by molar-refractivity contribution is 6.32. The lowest BCUT2D eigenvalue weighted by Crippen LogP contribution is -2.41. The fourth-order valence-electron chi connectivity index (χ4n) is 4.59. The summed E-state index contributed by atoms with van der Waals surface area (Å²) < 4.78 is 0. The highest BCUT2D eigenvalue weighted by Crippen LogP contribution is 2.52. The average Bonchev–Trinajstić information content (AvgIpc) is 2.70. The van der Waals surface area contributed by atoms with E-state index in [1.54, 1.807) is 6.20 Å². The van der Waals surface area contributed by atoms with E-state index < -0.39 is 0 Å². The van der Waals surface area contributed by atoms with Crippen LogP contribution in [0.3, 0.4) is 0 Å². The molecule has 4 heteroatoms. The maximum absolute atomic E-state index is 12.5. The van der Waals surface area contributed by atoms with Gasteiger partial charge in [-0.05, 0) is 47.8 Å². The van der Waals surface area contributed by atoms with Gasteiger partial charge in [-0.1, -0.05) is 50.6 Å². The summed E-state index contributed by atoms with van der Waals surface area (Å²) in [6.45, 7) is 7.80. The molecule has 2 aliphatic rings. The van der Waals surface area contributed by atoms with Crippen LogP contribution in [0.5, 0.6) is 0 Å². The Kier molecular flexibility index (Phi) is 4.18. The molecular weight excluding hydrogens is 308 g/mol. The first-order valence-corrected chi connectivity index (χ1v) is 8.64. The second kappa shape index (κ2) is 5.86. The minimum Gasteiger partial charge on any atom is -0.321 e. The molecule has 1 heterocycles. The van der Waals surface area contributed by atoms with E-state index in [4.69, 9.17) is 11.6 Å². The summed E-state index contributed by atoms with van der Waals surface area (Å²) in [5, 5.41) is 3.59. The van der Waals surface area contributed by atoms with Crippen LogP contribution in [0.1, 0.15) is 45.6 Å². The Bertz CT molecular complexity index is 640. The summed E-state index contributed by atoms with van der Waals surface area (Å²) in [5.74, 6) is 0. The summed E-state index contributed by atoms with van der Waals surface area (Å²) in [5.41, 5.74) is 1.48. The Hall–Kier alpha value is -1.48. The van der Waals surface area contributed by atoms with E-state index in [2.05, 4.69) is 26.1 Å². The van der Waals surface area contributed by atoms with E-state index in [-0.39, 0.29) is 11.4 Å². The first-order valence-electron chi connectivity index (χ1n) is 8.26. The standard InChI is InChI=1S/C19H25ClN2O/c1-18(2)10-15-11-19(3,12-18)13-22(15)17(23)21-9-8-14-6-4-5-7-16(14)20/h4-9,15H,10-13H2,1-3H3,(H,21,23)/b9-8+. The van der Waals surface area contributed by atoms with Crippen molar-refractivity contribution in [2.45, 2.75) is 46.1 Å². The predicted octanol–water partition coefficient (Wildman–Crippen LogP) is 4.92. The van der Waals surface area contributed by atoms with Gasteiger partial charge in [0.2, 0.25) is 0 Å². The number of halogens is 1. The molecule has 2 amide bonds. The van der Waals surface area contributed by atoms with E-state index in [0.717, 1.165) is 24.9 Å². The fraction of sp³-hybridized carbons (Fsp3) is 0.526. The van der Waals surface area contributed by atoms with E-state index >= 15 is 0 Å². The van der Waals surface area contributed by atoms with Gasteiger partial charge in [-0.25, -0.2) is 4.79 Å². The van der Waals surface area contributed by atoms with Crippen molar-refractivity contribution in [1.82, 2.24) is 10.2 Å². The molecule has 3 rings (SSSR count). The number of nitrogens with one attached hydrogen (secondary N) is 1. The Balaban J connectivity index is 1.65. The van der Waals surface area contributed by atoms with E-state index in [1.807, 2.05) is 35.2 Å². The van der Waals surface area contributed by atoms with Crippen LogP contribution in [0.15, 0.2) is 30.5 Å². The number of benzene rings is 1. The topological polar surface area (TPSA) is 32.3 Å². The third kappa shape index (κ3) is 3.55. The number of likely N-dealkylation sites (tertiary alicyclic amines) is 1. The third-order valence-corrected chi connectivity index (χ3v) is 5.39. The number of urea groups is 1. The maximum Gasteiger partial charge on any atom is 0.321 e. The molecule has 2 bridgehead atoms. The molecule has 0 aromatic heterocycles. The molecule has 0 spiro atoms. The molecule has 1 aromatic rings. The summed E-state index contributed by atoms with van der Waals surface area (Å²) in [6.07, 6.45) is 6.94. The monoisotopic (exact) mass is 332 g/mol. The first-order chi connectivity index (χ1) is 10.8. The number of hydrogen-bond acceptors (Lipinski definition) is 1. The summed E-state index contributed by atoms with van der Waals surface area (Å²) in [4.78, 5) is 14.6. The van der Waals surface area contributed by atoms with Crippen molar-refractivity contribution in [3.63, 3.8) is 0 Å². The minimum absolute atomic E-state index is 0.000251. The highest BCUT2D eigenvalue weighted by atomic mass is 35.5. The normalized spacial score (nSPS) is 29.0. The molecule has 1 aliphatic heterocycles. The van der Waals surface area contributed by atoms with Gasteiger partial charge in [-0.15, -0.1) is 0 Å². The molecule has 23 heavy (non-hydrogen) atoms. The molecule has 1 saturated heterocycles. The zero-order valence-corrected chi connectivity index (χ0v) is 14.9. The van der Waals surface area contributed by atoms with Gasteiger partial charge >= 0.3 is 6.03 Å². The Labute approximate surface area is 143 Å². The lowest BCUT2D eigenvalue weighted by molar-refractivity contribution is 0.129. The zero-order valence-electron chi connectivity index (χ0n) is 14.1. The summed E-state index contributed by atoms with van der Waals surface area (Å²) in [7, 11) is 0. The number of carbonyl (C=O) groups is 1. The lowest BCUT2D eigenvalue weighted by Gasteiger charge is -2.39. The SMILES string of the molecule is CC1(C)CC2CC(C)(CN2C(=O)N/C=C/c2ccccc2Cl)C1. The number of amides is 2. The van der Waals surface area contributed by atoms with Crippen LogP contribution in [0.25, 0.3) is 6.08 Å². The van der Waals surface area contributed by atoms with Crippen molar-refractivity contribution in [2.24, 2.45) is 10.8 Å². The van der Waals surface area contributed by atoms with Gasteiger partial charge in [-0.3, -0.25) is 0 Å². The van der Waals surface area contributed by atoms with Gasteiger partial charge < -0.3 is 10.2 Å². The Morgan fingerprint density at radius 2 is 2.04 bits per heavy atom. The summed E-state index contributed by atoms with van der Waals surface area (Å²) >= 11 is 6.11. The number of fused-ring (bicyclic) bond motifs is 2. The van der Waals surface area contributed by atoms with E-state index in [1.165, 1.54) is 6.42 Å². The van der Waals surface area contributed by atoms with Crippen molar-refractivity contribution in [2.75, 3.05) is 6.54 Å². The Morgan fingerprint density at radius 1 is 1.30 bits per heavy atom. The van der Waals surface area contributed by atoms with E-state index in [9.17, 15) is 4.79 Å². The van der Waals surface area contributed by atoms with Crippen LogP contribution < -0.4 is 5.32 Å². The summed E-state index contributed by atoms with van der Waals surface area (Å²) in [6, 6.07) is 7.95. The largest absolute Gasteiger partial charge is 0.321 e. The van der Waals surface area contributed by atoms with Gasteiger partial charge in [-0.2, -0.15) is 0 Å². The minimum atomic E-state index is -0.000251. The first kappa shape index (κ1) is 16.4. The molecule has 3 nitrogen and oxygen atoms in total. The van der Waals surface area contributed by atoms with Crippen LogP contribution in [0.2, 0.25) is 5.02 Å². The molecule has 1 saturated carbocycles. The van der Waals surface area contributed by atoms with E-state index in [0.29, 0.717) is 16.5 Å². The number of nitrogens with zero attached hydrogens (tertiary/aromatic N) is 1. The Morgan fingerprint density at radius 3 is 2.78 bits per heavy atom. The third-order valence-electron chi connectivity index (χ3n) is 5.05. The molecule has 2 atom stereocenters. The smallest absolute Gasteiger partial charge is 0.321 e. The molecule has 1 N–H and O–H groups in total. The molecular formula is C19H25ClN2O.